The summed E-state index contributed by atoms with van der Waals surface area (Å²) in [6, 6.07) is 0. The number of likely N-dealkylation sites (N-methyl/N-ethyl adjacent to an activating group) is 2. The van der Waals surface area contributed by atoms with Crippen LogP contribution in [-0.2, 0) is 16.8 Å². The van der Waals surface area contributed by atoms with Gasteiger partial charge < -0.3 is 0 Å². The van der Waals surface area contributed by atoms with Gasteiger partial charge in [0.15, 0.2) is 0 Å². The van der Waals surface area contributed by atoms with Crippen LogP contribution in [-0.4, -0.2) is 43.2 Å². The third-order valence-electron chi connectivity index (χ3n) is 1.69. The summed E-state index contributed by atoms with van der Waals surface area (Å²) in [5, 5.41) is 0. The Balaban J connectivity index is 0.000000640. The van der Waals surface area contributed by atoms with Crippen LogP contribution < -0.4 is 0 Å². The van der Waals surface area contributed by atoms with E-state index in [9.17, 15) is 0 Å². The van der Waals surface area contributed by atoms with Gasteiger partial charge in [0.2, 0.25) is 0 Å². The molecule has 1 aliphatic rings. The van der Waals surface area contributed by atoms with Crippen molar-refractivity contribution in [3.8, 4) is 0 Å². The van der Waals surface area contributed by atoms with Gasteiger partial charge in [-0.1, -0.05) is 6.92 Å². The smallest absolute Gasteiger partial charge is 0.292 e. The normalized spacial score (nSPS) is 22.0. The summed E-state index contributed by atoms with van der Waals surface area (Å²) >= 11 is 0. The molecule has 0 atom stereocenters. The molecular weight excluding hydrogens is 159 g/mol. The van der Waals surface area contributed by atoms with Crippen molar-refractivity contribution in [2.45, 2.75) is 6.92 Å². The van der Waals surface area contributed by atoms with Crippen LogP contribution >= 0.6 is 0 Å². The molecule has 2 nitrogen and oxygen atoms in total. The molecule has 9 heavy (non-hydrogen) atoms. The fraction of sp³-hybridized carbons (Fsp3) is 1.00. The second kappa shape index (κ2) is 4.28. The molecule has 1 saturated heterocycles. The van der Waals surface area contributed by atoms with Gasteiger partial charge in [-0.05, 0) is 13.6 Å². The molecule has 0 bridgehead atoms. The van der Waals surface area contributed by atoms with E-state index in [0.29, 0.717) is 0 Å². The molecule has 0 unspecified atom stereocenters. The van der Waals surface area contributed by atoms with Crippen molar-refractivity contribution in [2.75, 3.05) is 33.4 Å². The first kappa shape index (κ1) is 9.43. The monoisotopic (exact) mass is 173 g/mol. The van der Waals surface area contributed by atoms with Gasteiger partial charge >= 0.3 is 16.8 Å². The van der Waals surface area contributed by atoms with E-state index in [4.69, 9.17) is 0 Å². The van der Waals surface area contributed by atoms with Crippen molar-refractivity contribution >= 4 is 0 Å². The van der Waals surface area contributed by atoms with Gasteiger partial charge in [-0.15, -0.1) is 0 Å². The zero-order valence-electron chi connectivity index (χ0n) is 6.06. The fourth-order valence-electron chi connectivity index (χ4n) is 1.05. The van der Waals surface area contributed by atoms with Crippen molar-refractivity contribution in [2.24, 2.45) is 0 Å². The summed E-state index contributed by atoms with van der Waals surface area (Å²) in [6.45, 7) is 7.07. The maximum absolute atomic E-state index is 2.43. The topological polar surface area (TPSA) is 6.48 Å². The zero-order chi connectivity index (χ0) is 5.98. The first-order chi connectivity index (χ1) is 3.83. The van der Waals surface area contributed by atoms with Crippen molar-refractivity contribution in [1.82, 2.24) is 9.80 Å². The van der Waals surface area contributed by atoms with Crippen molar-refractivity contribution in [3.63, 3.8) is 0 Å². The number of hydrogen-bond donors (Lipinski definition) is 0. The molecule has 3 heteroatoms. The largest absolute Gasteiger partial charge is 2.00 e. The molecule has 0 aromatic rings. The van der Waals surface area contributed by atoms with E-state index in [-0.39, 0.29) is 16.8 Å². The Morgan fingerprint density at radius 2 is 2.00 bits per heavy atom. The Kier molecular flexibility index (Phi) is 4.48. The zero-order valence-corrected chi connectivity index (χ0v) is 7.10. The van der Waals surface area contributed by atoms with E-state index in [2.05, 4.69) is 23.8 Å². The summed E-state index contributed by atoms with van der Waals surface area (Å²) in [5.74, 6) is 0. The molecule has 0 N–H and O–H groups in total. The summed E-state index contributed by atoms with van der Waals surface area (Å²) in [7, 11) is 2.16. The predicted octanol–water partition coefficient (Wildman–Crippen LogP) is 0.209. The third-order valence-corrected chi connectivity index (χ3v) is 1.69. The van der Waals surface area contributed by atoms with E-state index in [1.54, 1.807) is 0 Å². The quantitative estimate of drug-likeness (QED) is 0.559. The van der Waals surface area contributed by atoms with E-state index >= 15 is 0 Å². The maximum Gasteiger partial charge on any atom is 2.00 e. The minimum absolute atomic E-state index is 0. The number of hydrogen-bond acceptors (Lipinski definition) is 2. The predicted molar refractivity (Wildman–Crippen MR) is 34.7 cm³/mol. The van der Waals surface area contributed by atoms with Crippen LogP contribution in [0.2, 0.25) is 0 Å². The average Bonchev–Trinajstić information content (AvgIpc) is 2.14. The number of rotatable bonds is 1. The second-order valence-corrected chi connectivity index (χ2v) is 2.43. The van der Waals surface area contributed by atoms with E-state index in [0.717, 1.165) is 6.67 Å². The molecule has 0 amide bonds. The number of nitrogens with zero attached hydrogens (tertiary/aromatic N) is 2. The van der Waals surface area contributed by atoms with Crippen LogP contribution in [0.25, 0.3) is 0 Å². The van der Waals surface area contributed by atoms with E-state index in [1.807, 2.05) is 0 Å². The van der Waals surface area contributed by atoms with Crippen molar-refractivity contribution < 1.29 is 16.8 Å². The molecule has 1 aliphatic heterocycles. The standard InChI is InChI=1S/C6H14N2.Co/c1-3-8-5-4-7(2)6-8;/h3-6H2,1-2H3;/q;+2. The van der Waals surface area contributed by atoms with Gasteiger partial charge in [0.25, 0.3) is 0 Å². The SMILES string of the molecule is CCN1CCN(C)C1.[Co+2]. The molecule has 0 aliphatic carbocycles. The summed E-state index contributed by atoms with van der Waals surface area (Å²) < 4.78 is 0. The summed E-state index contributed by atoms with van der Waals surface area (Å²) in [4.78, 5) is 4.77. The Morgan fingerprint density at radius 3 is 2.22 bits per heavy atom. The minimum atomic E-state index is 0. The van der Waals surface area contributed by atoms with Crippen LogP contribution in [0.4, 0.5) is 0 Å². The van der Waals surface area contributed by atoms with Crippen LogP contribution in [0.5, 0.6) is 0 Å². The average molecular weight is 173 g/mol. The van der Waals surface area contributed by atoms with Crippen molar-refractivity contribution in [1.29, 1.82) is 0 Å². The Labute approximate surface area is 67.4 Å². The van der Waals surface area contributed by atoms with Crippen LogP contribution in [0, 0.1) is 0 Å². The molecule has 55 valence electrons. The second-order valence-electron chi connectivity index (χ2n) is 2.43. The Hall–Kier alpha value is 0.426. The van der Waals surface area contributed by atoms with Gasteiger partial charge in [-0.3, -0.25) is 9.80 Å². The molecule has 0 saturated carbocycles. The first-order valence-corrected chi connectivity index (χ1v) is 3.24. The Morgan fingerprint density at radius 1 is 1.33 bits per heavy atom. The van der Waals surface area contributed by atoms with E-state index < -0.39 is 0 Å². The van der Waals surface area contributed by atoms with Gasteiger partial charge in [0.1, 0.15) is 0 Å². The van der Waals surface area contributed by atoms with Crippen molar-refractivity contribution in [3.05, 3.63) is 0 Å². The van der Waals surface area contributed by atoms with Gasteiger partial charge in [-0.25, -0.2) is 0 Å². The van der Waals surface area contributed by atoms with Gasteiger partial charge in [0.05, 0.1) is 6.67 Å². The minimum Gasteiger partial charge on any atom is -0.292 e. The third kappa shape index (κ3) is 2.67. The molecular formula is C6H14CoN2+2. The molecule has 1 fully saturated rings. The van der Waals surface area contributed by atoms with Crippen LogP contribution in [0.15, 0.2) is 0 Å². The molecule has 1 rings (SSSR count). The van der Waals surface area contributed by atoms with Gasteiger partial charge in [0, 0.05) is 13.1 Å². The fourth-order valence-corrected chi connectivity index (χ4v) is 1.05. The van der Waals surface area contributed by atoms with Crippen LogP contribution in [0.1, 0.15) is 6.92 Å². The maximum atomic E-state index is 2.43. The van der Waals surface area contributed by atoms with E-state index in [1.165, 1.54) is 19.6 Å². The summed E-state index contributed by atoms with van der Waals surface area (Å²) in [5.41, 5.74) is 0. The first-order valence-electron chi connectivity index (χ1n) is 3.24. The summed E-state index contributed by atoms with van der Waals surface area (Å²) in [6.07, 6.45) is 0. The molecule has 1 heterocycles. The molecule has 0 aromatic carbocycles. The molecule has 0 aromatic heterocycles. The Bertz CT molecular complexity index is 77.5. The molecule has 1 radical (unpaired) electrons. The molecule has 0 spiro atoms. The van der Waals surface area contributed by atoms with Gasteiger partial charge in [-0.2, -0.15) is 0 Å². The van der Waals surface area contributed by atoms with Crippen LogP contribution in [0.3, 0.4) is 0 Å².